The summed E-state index contributed by atoms with van der Waals surface area (Å²) in [6.45, 7) is 0. The number of nitrogen functional groups attached to an aromatic ring is 1. The van der Waals surface area contributed by atoms with Gasteiger partial charge in [0.25, 0.3) is 10.0 Å². The van der Waals surface area contributed by atoms with Crippen LogP contribution in [0.2, 0.25) is 0 Å². The minimum absolute atomic E-state index is 0.0378. The first-order chi connectivity index (χ1) is 15.3. The minimum atomic E-state index is -4.19. The van der Waals surface area contributed by atoms with Gasteiger partial charge in [0, 0.05) is 24.4 Å². The first-order valence-corrected chi connectivity index (χ1v) is 10.7. The Kier molecular flexibility index (Phi) is 5.15. The molecule has 0 fully saturated rings. The fourth-order valence-corrected chi connectivity index (χ4v) is 4.49. The van der Waals surface area contributed by atoms with Crippen LogP contribution in [0.5, 0.6) is 5.75 Å². The monoisotopic (exact) mass is 452 g/mol. The van der Waals surface area contributed by atoms with Crippen molar-refractivity contribution in [1.29, 1.82) is 5.26 Å². The first-order valence-electron chi connectivity index (χ1n) is 9.22. The Morgan fingerprint density at radius 2 is 2.00 bits per heavy atom. The van der Waals surface area contributed by atoms with Gasteiger partial charge in [-0.2, -0.15) is 5.26 Å². The summed E-state index contributed by atoms with van der Waals surface area (Å²) in [5, 5.41) is 9.68. The Hall–Kier alpha value is -4.17. The Morgan fingerprint density at radius 3 is 2.72 bits per heavy atom. The van der Waals surface area contributed by atoms with Gasteiger partial charge in [-0.1, -0.05) is 12.1 Å². The average molecular weight is 452 g/mol. The van der Waals surface area contributed by atoms with E-state index in [0.29, 0.717) is 16.6 Å². The van der Waals surface area contributed by atoms with E-state index in [1.807, 2.05) is 6.07 Å². The number of sulfonamides is 1. The van der Waals surface area contributed by atoms with E-state index in [1.165, 1.54) is 43.8 Å². The zero-order valence-corrected chi connectivity index (χ0v) is 17.8. The number of nitrogens with zero attached hydrogens (tertiary/aromatic N) is 4. The molecule has 3 N–H and O–H groups in total. The molecule has 0 aliphatic rings. The van der Waals surface area contributed by atoms with Gasteiger partial charge in [-0.15, -0.1) is 0 Å². The van der Waals surface area contributed by atoms with Crippen LogP contribution in [0.1, 0.15) is 5.56 Å². The smallest absolute Gasteiger partial charge is 0.262 e. The molecule has 0 spiro atoms. The third kappa shape index (κ3) is 3.46. The van der Waals surface area contributed by atoms with Crippen molar-refractivity contribution in [2.45, 2.75) is 4.90 Å². The molecule has 162 valence electrons. The molecule has 0 radical (unpaired) electrons. The lowest BCUT2D eigenvalue weighted by molar-refractivity contribution is 0.413. The molecule has 0 amide bonds. The number of anilines is 2. The van der Waals surface area contributed by atoms with Crippen molar-refractivity contribution >= 4 is 32.6 Å². The maximum absolute atomic E-state index is 15.4. The third-order valence-corrected chi connectivity index (χ3v) is 6.28. The lowest BCUT2D eigenvalue weighted by Crippen LogP contribution is -2.14. The number of halogens is 1. The summed E-state index contributed by atoms with van der Waals surface area (Å²) in [4.78, 5) is 7.94. The van der Waals surface area contributed by atoms with E-state index >= 15 is 4.39 Å². The van der Waals surface area contributed by atoms with E-state index in [0.717, 1.165) is 6.07 Å². The Morgan fingerprint density at radius 1 is 1.22 bits per heavy atom. The molecular formula is C21H17FN6O3S. The summed E-state index contributed by atoms with van der Waals surface area (Å²) in [5.41, 5.74) is 6.84. The zero-order chi connectivity index (χ0) is 23.0. The summed E-state index contributed by atoms with van der Waals surface area (Å²) in [5.74, 6) is -0.380. The van der Waals surface area contributed by atoms with Crippen LogP contribution in [0.4, 0.5) is 15.9 Å². The van der Waals surface area contributed by atoms with Crippen molar-refractivity contribution in [3.8, 4) is 22.9 Å². The average Bonchev–Trinajstić information content (AvgIpc) is 3.12. The maximum Gasteiger partial charge on any atom is 0.262 e. The largest absolute Gasteiger partial charge is 0.495 e. The highest BCUT2D eigenvalue weighted by Crippen LogP contribution is 2.36. The molecule has 0 saturated heterocycles. The molecule has 11 heteroatoms. The number of hydrogen-bond acceptors (Lipinski definition) is 7. The van der Waals surface area contributed by atoms with Gasteiger partial charge in [-0.05, 0) is 24.3 Å². The zero-order valence-electron chi connectivity index (χ0n) is 17.0. The summed E-state index contributed by atoms with van der Waals surface area (Å²) in [6, 6.07) is 9.99. The summed E-state index contributed by atoms with van der Waals surface area (Å²) >= 11 is 0. The molecule has 0 saturated carbocycles. The van der Waals surface area contributed by atoms with Crippen molar-refractivity contribution in [2.75, 3.05) is 17.6 Å². The van der Waals surface area contributed by atoms with Gasteiger partial charge < -0.3 is 15.0 Å². The third-order valence-electron chi connectivity index (χ3n) is 4.92. The highest BCUT2D eigenvalue weighted by Gasteiger charge is 2.22. The van der Waals surface area contributed by atoms with Gasteiger partial charge in [-0.3, -0.25) is 4.72 Å². The SMILES string of the molecule is COc1ccc(S(=O)(=O)Nc2cccc(-c3cn(C)c4ncnc(N)c34)c2F)cc1C#N. The van der Waals surface area contributed by atoms with E-state index in [-0.39, 0.29) is 33.3 Å². The van der Waals surface area contributed by atoms with Gasteiger partial charge in [0.15, 0.2) is 5.82 Å². The molecule has 0 aliphatic carbocycles. The van der Waals surface area contributed by atoms with E-state index in [4.69, 9.17) is 10.5 Å². The number of benzene rings is 2. The van der Waals surface area contributed by atoms with Crippen LogP contribution in [-0.4, -0.2) is 30.1 Å². The molecule has 2 aromatic carbocycles. The highest BCUT2D eigenvalue weighted by molar-refractivity contribution is 7.92. The predicted octanol–water partition coefficient (Wildman–Crippen LogP) is 3.04. The molecule has 4 aromatic rings. The topological polar surface area (TPSA) is 136 Å². The molecule has 0 unspecified atom stereocenters. The Bertz CT molecular complexity index is 1510. The van der Waals surface area contributed by atoms with Crippen molar-refractivity contribution < 1.29 is 17.5 Å². The quantitative estimate of drug-likeness (QED) is 0.475. The normalized spacial score (nSPS) is 11.3. The first kappa shape index (κ1) is 21.1. The number of nitriles is 1. The molecule has 2 heterocycles. The summed E-state index contributed by atoms with van der Waals surface area (Å²) in [6.07, 6.45) is 2.96. The summed E-state index contributed by atoms with van der Waals surface area (Å²) in [7, 11) is -1.08. The van der Waals surface area contributed by atoms with Crippen LogP contribution in [0.3, 0.4) is 0 Å². The number of hydrogen-bond donors (Lipinski definition) is 2. The van der Waals surface area contributed by atoms with E-state index in [2.05, 4.69) is 14.7 Å². The van der Waals surface area contributed by atoms with Crippen molar-refractivity contribution in [1.82, 2.24) is 14.5 Å². The molecule has 9 nitrogen and oxygen atoms in total. The van der Waals surface area contributed by atoms with Crippen molar-refractivity contribution in [2.24, 2.45) is 7.05 Å². The van der Waals surface area contributed by atoms with Gasteiger partial charge in [0.05, 0.1) is 28.6 Å². The van der Waals surface area contributed by atoms with Gasteiger partial charge in [0.2, 0.25) is 0 Å². The lowest BCUT2D eigenvalue weighted by atomic mass is 10.0. The van der Waals surface area contributed by atoms with Crippen LogP contribution in [0.25, 0.3) is 22.2 Å². The number of nitrogens with two attached hydrogens (primary N) is 1. The number of aryl methyl sites for hydroxylation is 1. The fourth-order valence-electron chi connectivity index (χ4n) is 3.40. The summed E-state index contributed by atoms with van der Waals surface area (Å²) < 4.78 is 50.1. The molecule has 32 heavy (non-hydrogen) atoms. The van der Waals surface area contributed by atoms with Crippen LogP contribution >= 0.6 is 0 Å². The van der Waals surface area contributed by atoms with Gasteiger partial charge in [-0.25, -0.2) is 22.8 Å². The number of fused-ring (bicyclic) bond motifs is 1. The van der Waals surface area contributed by atoms with Crippen LogP contribution < -0.4 is 15.2 Å². The molecule has 4 rings (SSSR count). The number of methoxy groups -OCH3 is 1. The molecule has 2 aromatic heterocycles. The number of rotatable bonds is 5. The van der Waals surface area contributed by atoms with E-state index in [1.54, 1.807) is 17.8 Å². The Labute approximate surface area is 183 Å². The highest BCUT2D eigenvalue weighted by atomic mass is 32.2. The molecule has 0 atom stereocenters. The number of ether oxygens (including phenoxy) is 1. The predicted molar refractivity (Wildman–Crippen MR) is 117 cm³/mol. The standard InChI is InChI=1S/C21H17FN6O3S/c1-28-10-15(18-20(24)25-11-26-21(18)28)14-4-3-5-16(19(14)22)27-32(29,30)13-6-7-17(31-2)12(8-13)9-23/h3-8,10-11,27H,1-2H3,(H2,24,25,26). The molecule has 0 bridgehead atoms. The lowest BCUT2D eigenvalue weighted by Gasteiger charge is -2.12. The minimum Gasteiger partial charge on any atom is -0.495 e. The van der Waals surface area contributed by atoms with Crippen molar-refractivity contribution in [3.63, 3.8) is 0 Å². The second-order valence-electron chi connectivity index (χ2n) is 6.86. The molecular weight excluding hydrogens is 435 g/mol. The second-order valence-corrected chi connectivity index (χ2v) is 8.54. The van der Waals surface area contributed by atoms with E-state index in [9.17, 15) is 13.7 Å². The van der Waals surface area contributed by atoms with Crippen molar-refractivity contribution in [3.05, 3.63) is 60.3 Å². The number of nitrogens with one attached hydrogen (secondary N) is 1. The van der Waals surface area contributed by atoms with Crippen LogP contribution in [-0.2, 0) is 17.1 Å². The number of aromatic nitrogens is 3. The Balaban J connectivity index is 1.79. The second kappa shape index (κ2) is 7.82. The maximum atomic E-state index is 15.4. The van der Waals surface area contributed by atoms with Crippen LogP contribution in [0, 0.1) is 17.1 Å². The molecule has 0 aliphatic heterocycles. The van der Waals surface area contributed by atoms with Gasteiger partial charge in [0.1, 0.15) is 29.6 Å². The van der Waals surface area contributed by atoms with Gasteiger partial charge >= 0.3 is 0 Å². The van der Waals surface area contributed by atoms with Crippen LogP contribution in [0.15, 0.2) is 53.8 Å². The fraction of sp³-hybridized carbons (Fsp3) is 0.0952. The van der Waals surface area contributed by atoms with E-state index < -0.39 is 15.8 Å².